The number of hydrogen-bond acceptors (Lipinski definition) is 6. The first-order chi connectivity index (χ1) is 12.3. The van der Waals surface area contributed by atoms with E-state index in [1.165, 1.54) is 34.8 Å². The molecule has 4 rings (SSSR count). The predicted octanol–water partition coefficient (Wildman–Crippen LogP) is 2.19. The summed E-state index contributed by atoms with van der Waals surface area (Å²) in [6.45, 7) is 5.00. The van der Waals surface area contributed by atoms with Crippen molar-refractivity contribution in [2.45, 2.75) is 44.7 Å². The molecule has 7 heteroatoms. The van der Waals surface area contributed by atoms with Crippen molar-refractivity contribution in [3.8, 4) is 0 Å². The molecule has 2 aliphatic heterocycles. The Labute approximate surface area is 158 Å². The van der Waals surface area contributed by atoms with E-state index in [1.807, 2.05) is 28.0 Å². The summed E-state index contributed by atoms with van der Waals surface area (Å²) in [5.41, 5.74) is 1.33. The molecule has 0 saturated carbocycles. The molecule has 2 saturated heterocycles. The molecular formula is C18H27N3O2S2. The number of hydrogen-bond donors (Lipinski definition) is 0. The van der Waals surface area contributed by atoms with Gasteiger partial charge in [-0.2, -0.15) is 11.8 Å². The van der Waals surface area contributed by atoms with Gasteiger partial charge >= 0.3 is 0 Å². The number of rotatable bonds is 4. The Morgan fingerprint density at radius 1 is 1.20 bits per heavy atom. The van der Waals surface area contributed by atoms with Gasteiger partial charge in [0.15, 0.2) is 0 Å². The Morgan fingerprint density at radius 3 is 2.88 bits per heavy atom. The summed E-state index contributed by atoms with van der Waals surface area (Å²) in [6.07, 6.45) is 5.50. The van der Waals surface area contributed by atoms with E-state index in [-0.39, 0.29) is 6.04 Å². The average molecular weight is 382 g/mol. The van der Waals surface area contributed by atoms with Crippen LogP contribution < -0.4 is 0 Å². The van der Waals surface area contributed by atoms with Crippen LogP contribution in [0.4, 0.5) is 0 Å². The number of thiazole rings is 1. The van der Waals surface area contributed by atoms with Crippen LogP contribution in [0.15, 0.2) is 0 Å². The Bertz CT molecular complexity index is 578. The summed E-state index contributed by atoms with van der Waals surface area (Å²) in [7, 11) is 0. The van der Waals surface area contributed by atoms with Crippen LogP contribution in [0, 0.1) is 0 Å². The normalized spacial score (nSPS) is 25.0. The van der Waals surface area contributed by atoms with Gasteiger partial charge in [0.2, 0.25) is 5.91 Å². The lowest BCUT2D eigenvalue weighted by Crippen LogP contribution is -2.48. The summed E-state index contributed by atoms with van der Waals surface area (Å²) < 4.78 is 5.69. The smallest absolute Gasteiger partial charge is 0.224 e. The maximum Gasteiger partial charge on any atom is 0.224 e. The Morgan fingerprint density at radius 2 is 2.04 bits per heavy atom. The Balaban J connectivity index is 1.38. The second-order valence-electron chi connectivity index (χ2n) is 7.08. The van der Waals surface area contributed by atoms with Crippen molar-refractivity contribution >= 4 is 29.0 Å². The quantitative estimate of drug-likeness (QED) is 0.800. The topological polar surface area (TPSA) is 45.7 Å². The number of carbonyl (C=O) groups is 1. The number of carbonyl (C=O) groups excluding carboxylic acids is 1. The molecule has 0 aromatic carbocycles. The van der Waals surface area contributed by atoms with Crippen molar-refractivity contribution in [2.75, 3.05) is 44.4 Å². The number of fused-ring (bicyclic) bond motifs is 1. The lowest BCUT2D eigenvalue weighted by molar-refractivity contribution is -0.134. The molecule has 2 fully saturated rings. The molecule has 0 radical (unpaired) electrons. The van der Waals surface area contributed by atoms with Gasteiger partial charge in [0.1, 0.15) is 5.01 Å². The number of aromatic nitrogens is 1. The van der Waals surface area contributed by atoms with Gasteiger partial charge in [-0.15, -0.1) is 11.3 Å². The van der Waals surface area contributed by atoms with Crippen LogP contribution in [-0.2, 0) is 28.9 Å². The van der Waals surface area contributed by atoms with Crippen molar-refractivity contribution in [1.29, 1.82) is 0 Å². The van der Waals surface area contributed by atoms with Gasteiger partial charge in [-0.1, -0.05) is 0 Å². The van der Waals surface area contributed by atoms with Crippen LogP contribution in [0.1, 0.15) is 34.8 Å². The highest BCUT2D eigenvalue weighted by Gasteiger charge is 2.29. The second-order valence-corrected chi connectivity index (χ2v) is 9.47. The van der Waals surface area contributed by atoms with Gasteiger partial charge in [0.05, 0.1) is 25.5 Å². The van der Waals surface area contributed by atoms with E-state index in [0.29, 0.717) is 18.9 Å². The zero-order valence-corrected chi connectivity index (χ0v) is 16.4. The fourth-order valence-electron chi connectivity index (χ4n) is 3.88. The summed E-state index contributed by atoms with van der Waals surface area (Å²) in [4.78, 5) is 23.5. The molecule has 3 heterocycles. The Hall–Kier alpha value is -0.630. The molecule has 1 unspecified atom stereocenters. The van der Waals surface area contributed by atoms with Gasteiger partial charge in [-0.05, 0) is 25.7 Å². The first-order valence-electron chi connectivity index (χ1n) is 9.44. The van der Waals surface area contributed by atoms with Crippen molar-refractivity contribution < 1.29 is 9.53 Å². The van der Waals surface area contributed by atoms with E-state index in [2.05, 4.69) is 4.90 Å². The van der Waals surface area contributed by atoms with E-state index in [4.69, 9.17) is 9.72 Å². The molecule has 0 N–H and O–H groups in total. The number of ether oxygens (including phenoxy) is 1. The Kier molecular flexibility index (Phi) is 5.95. The highest BCUT2D eigenvalue weighted by Crippen LogP contribution is 2.28. The standard InChI is InChI=1S/C18H27N3O2S2/c22-18(20-6-9-24-10-7-20)11-14-13-23-8-5-21(14)12-17-19-15-3-1-2-4-16(15)25-17/h14H,1-13H2. The maximum absolute atomic E-state index is 12.6. The lowest BCUT2D eigenvalue weighted by atomic mass is 10.0. The second kappa shape index (κ2) is 8.37. The van der Waals surface area contributed by atoms with Crippen LogP contribution >= 0.6 is 23.1 Å². The fourth-order valence-corrected chi connectivity index (χ4v) is 5.96. The van der Waals surface area contributed by atoms with Crippen LogP contribution in [-0.4, -0.2) is 71.1 Å². The predicted molar refractivity (Wildman–Crippen MR) is 102 cm³/mol. The van der Waals surface area contributed by atoms with E-state index in [9.17, 15) is 4.79 Å². The van der Waals surface area contributed by atoms with E-state index >= 15 is 0 Å². The van der Waals surface area contributed by atoms with Crippen LogP contribution in [0.25, 0.3) is 0 Å². The van der Waals surface area contributed by atoms with E-state index in [0.717, 1.165) is 50.7 Å². The summed E-state index contributed by atoms with van der Waals surface area (Å²) in [5, 5.41) is 1.22. The molecule has 0 spiro atoms. The van der Waals surface area contributed by atoms with Gasteiger partial charge in [-0.3, -0.25) is 9.69 Å². The summed E-state index contributed by atoms with van der Waals surface area (Å²) >= 11 is 3.83. The number of thioether (sulfide) groups is 1. The first kappa shape index (κ1) is 17.8. The molecule has 5 nitrogen and oxygen atoms in total. The third-order valence-electron chi connectivity index (χ3n) is 5.35. The van der Waals surface area contributed by atoms with Crippen molar-refractivity contribution in [1.82, 2.24) is 14.8 Å². The zero-order valence-electron chi connectivity index (χ0n) is 14.7. The highest BCUT2D eigenvalue weighted by atomic mass is 32.2. The van der Waals surface area contributed by atoms with Gasteiger partial charge in [0, 0.05) is 48.5 Å². The minimum absolute atomic E-state index is 0.191. The van der Waals surface area contributed by atoms with Gasteiger partial charge in [-0.25, -0.2) is 4.98 Å². The molecule has 1 aromatic rings. The van der Waals surface area contributed by atoms with Crippen molar-refractivity contribution in [2.24, 2.45) is 0 Å². The van der Waals surface area contributed by atoms with Gasteiger partial charge in [0.25, 0.3) is 0 Å². The number of amides is 1. The molecule has 1 amide bonds. The third kappa shape index (κ3) is 4.38. The van der Waals surface area contributed by atoms with Crippen LogP contribution in [0.3, 0.4) is 0 Å². The number of nitrogens with zero attached hydrogens (tertiary/aromatic N) is 3. The minimum Gasteiger partial charge on any atom is -0.378 e. The SMILES string of the molecule is O=C(CC1COCCN1Cc1nc2c(s1)CCCC2)N1CCSCC1. The number of morpholine rings is 1. The van der Waals surface area contributed by atoms with E-state index < -0.39 is 0 Å². The largest absolute Gasteiger partial charge is 0.378 e. The maximum atomic E-state index is 12.6. The summed E-state index contributed by atoms with van der Waals surface area (Å²) in [5.74, 6) is 2.43. The van der Waals surface area contributed by atoms with E-state index in [1.54, 1.807) is 0 Å². The van der Waals surface area contributed by atoms with Crippen LogP contribution in [0.5, 0.6) is 0 Å². The minimum atomic E-state index is 0.191. The summed E-state index contributed by atoms with van der Waals surface area (Å²) in [6, 6.07) is 0.191. The first-order valence-corrected chi connectivity index (χ1v) is 11.4. The lowest BCUT2D eigenvalue weighted by Gasteiger charge is -2.36. The molecule has 138 valence electrons. The van der Waals surface area contributed by atoms with Crippen molar-refractivity contribution in [3.63, 3.8) is 0 Å². The molecule has 1 atom stereocenters. The molecule has 1 aliphatic carbocycles. The molecule has 0 bridgehead atoms. The molecule has 1 aromatic heterocycles. The van der Waals surface area contributed by atoms with Crippen LogP contribution in [0.2, 0.25) is 0 Å². The molecular weight excluding hydrogens is 354 g/mol. The zero-order chi connectivity index (χ0) is 17.1. The number of aryl methyl sites for hydroxylation is 2. The monoisotopic (exact) mass is 381 g/mol. The van der Waals surface area contributed by atoms with Crippen molar-refractivity contribution in [3.05, 3.63) is 15.6 Å². The molecule has 25 heavy (non-hydrogen) atoms. The van der Waals surface area contributed by atoms with Gasteiger partial charge < -0.3 is 9.64 Å². The average Bonchev–Trinajstić information content (AvgIpc) is 3.06. The third-order valence-corrected chi connectivity index (χ3v) is 7.44. The molecule has 3 aliphatic rings. The highest BCUT2D eigenvalue weighted by molar-refractivity contribution is 7.99. The fraction of sp³-hybridized carbons (Fsp3) is 0.778.